The Bertz CT molecular complexity index is 489. The van der Waals surface area contributed by atoms with Crippen LogP contribution in [0.25, 0.3) is 0 Å². The van der Waals surface area contributed by atoms with E-state index in [9.17, 15) is 23.7 Å². The van der Waals surface area contributed by atoms with Gasteiger partial charge < -0.3 is 9.84 Å². The van der Waals surface area contributed by atoms with Gasteiger partial charge >= 0.3 is 18.3 Å². The number of benzene rings is 1. The maximum Gasteiger partial charge on any atom is 0.387 e. The van der Waals surface area contributed by atoms with Gasteiger partial charge in [0.2, 0.25) is 5.75 Å². The highest BCUT2D eigenvalue weighted by atomic mass is 19.3. The van der Waals surface area contributed by atoms with Crippen molar-refractivity contribution < 1.29 is 28.3 Å². The average molecular weight is 261 g/mol. The zero-order valence-corrected chi connectivity index (χ0v) is 9.22. The molecule has 0 heterocycles. The lowest BCUT2D eigenvalue weighted by atomic mass is 10.0. The standard InChI is InChI=1S/C10H9F2NO5/c1-5-2-3-7(13(16)17)9(18-10(11)12)6(5)4-8(14)15/h2-3,10H,4H2,1H3,(H,14,15). The number of nitro benzene ring substituents is 1. The number of rotatable bonds is 5. The number of carbonyl (C=O) groups is 1. The molecule has 1 aromatic rings. The minimum absolute atomic E-state index is 0.128. The number of hydrogen-bond donors (Lipinski definition) is 1. The lowest BCUT2D eigenvalue weighted by molar-refractivity contribution is -0.386. The Morgan fingerprint density at radius 3 is 2.61 bits per heavy atom. The third-order valence-electron chi connectivity index (χ3n) is 2.21. The van der Waals surface area contributed by atoms with Gasteiger partial charge in [0, 0.05) is 11.6 Å². The summed E-state index contributed by atoms with van der Waals surface area (Å²) in [4.78, 5) is 20.4. The van der Waals surface area contributed by atoms with E-state index in [-0.39, 0.29) is 5.56 Å². The second-order valence-electron chi connectivity index (χ2n) is 3.42. The first-order valence-electron chi connectivity index (χ1n) is 4.76. The molecule has 18 heavy (non-hydrogen) atoms. The van der Waals surface area contributed by atoms with Crippen LogP contribution in [0.5, 0.6) is 5.75 Å². The molecule has 0 saturated carbocycles. The van der Waals surface area contributed by atoms with E-state index < -0.39 is 35.4 Å². The molecule has 0 spiro atoms. The summed E-state index contributed by atoms with van der Waals surface area (Å²) in [5.74, 6) is -1.99. The SMILES string of the molecule is Cc1ccc([N+](=O)[O-])c(OC(F)F)c1CC(=O)O. The number of aliphatic carboxylic acids is 1. The van der Waals surface area contributed by atoms with Crippen molar-refractivity contribution in [1.29, 1.82) is 0 Å². The highest BCUT2D eigenvalue weighted by Crippen LogP contribution is 2.34. The molecule has 1 aromatic carbocycles. The summed E-state index contributed by atoms with van der Waals surface area (Å²) in [5.41, 5.74) is -0.479. The molecule has 6 nitrogen and oxygen atoms in total. The number of ether oxygens (including phenoxy) is 1. The van der Waals surface area contributed by atoms with Gasteiger partial charge in [0.1, 0.15) is 0 Å². The van der Waals surface area contributed by atoms with E-state index in [4.69, 9.17) is 5.11 Å². The Labute approximate surface area is 99.9 Å². The molecule has 0 bridgehead atoms. The number of nitro groups is 1. The fraction of sp³-hybridized carbons (Fsp3) is 0.300. The fourth-order valence-corrected chi connectivity index (χ4v) is 1.45. The summed E-state index contributed by atoms with van der Waals surface area (Å²) in [6.45, 7) is -1.81. The van der Waals surface area contributed by atoms with Crippen molar-refractivity contribution in [2.45, 2.75) is 20.0 Å². The zero-order valence-electron chi connectivity index (χ0n) is 9.22. The van der Waals surface area contributed by atoms with E-state index in [0.29, 0.717) is 5.56 Å². The van der Waals surface area contributed by atoms with Crippen molar-refractivity contribution in [2.24, 2.45) is 0 Å². The van der Waals surface area contributed by atoms with Crippen LogP contribution in [-0.4, -0.2) is 22.6 Å². The highest BCUT2D eigenvalue weighted by molar-refractivity contribution is 5.73. The van der Waals surface area contributed by atoms with Crippen LogP contribution in [0.15, 0.2) is 12.1 Å². The quantitative estimate of drug-likeness (QED) is 0.647. The first-order valence-corrected chi connectivity index (χ1v) is 4.76. The molecule has 0 aliphatic heterocycles. The van der Waals surface area contributed by atoms with Gasteiger partial charge in [-0.3, -0.25) is 14.9 Å². The van der Waals surface area contributed by atoms with Gasteiger partial charge in [0.25, 0.3) is 0 Å². The summed E-state index contributed by atoms with van der Waals surface area (Å²) in [6.07, 6.45) is -0.629. The van der Waals surface area contributed by atoms with Crippen LogP contribution in [0, 0.1) is 17.0 Å². The minimum atomic E-state index is -3.27. The van der Waals surface area contributed by atoms with Gasteiger partial charge in [-0.1, -0.05) is 6.07 Å². The summed E-state index contributed by atoms with van der Waals surface area (Å²) >= 11 is 0. The second kappa shape index (κ2) is 5.39. The molecular formula is C10H9F2NO5. The molecule has 0 atom stereocenters. The van der Waals surface area contributed by atoms with Crippen LogP contribution in [0.4, 0.5) is 14.5 Å². The molecule has 0 amide bonds. The van der Waals surface area contributed by atoms with Crippen LogP contribution < -0.4 is 4.74 Å². The normalized spacial score (nSPS) is 10.4. The maximum atomic E-state index is 12.2. The van der Waals surface area contributed by atoms with Crippen molar-refractivity contribution in [3.63, 3.8) is 0 Å². The summed E-state index contributed by atoms with van der Waals surface area (Å²) in [5, 5.41) is 19.4. The first-order chi connectivity index (χ1) is 8.32. The molecule has 98 valence electrons. The van der Waals surface area contributed by atoms with Crippen LogP contribution in [-0.2, 0) is 11.2 Å². The van der Waals surface area contributed by atoms with E-state index in [1.54, 1.807) is 0 Å². The molecule has 0 aromatic heterocycles. The number of halogens is 2. The first kappa shape index (κ1) is 13.8. The fourth-order valence-electron chi connectivity index (χ4n) is 1.45. The average Bonchev–Trinajstić information content (AvgIpc) is 2.21. The van der Waals surface area contributed by atoms with Crippen molar-refractivity contribution in [1.82, 2.24) is 0 Å². The molecule has 1 rings (SSSR count). The van der Waals surface area contributed by atoms with Gasteiger partial charge in [0.15, 0.2) is 0 Å². The van der Waals surface area contributed by atoms with Crippen molar-refractivity contribution in [2.75, 3.05) is 0 Å². The van der Waals surface area contributed by atoms with Crippen molar-refractivity contribution >= 4 is 11.7 Å². The van der Waals surface area contributed by atoms with E-state index in [0.717, 1.165) is 6.07 Å². The number of alkyl halides is 2. The predicted octanol–water partition coefficient (Wildman–Crippen LogP) is 2.13. The summed E-state index contributed by atoms with van der Waals surface area (Å²) < 4.78 is 28.5. The van der Waals surface area contributed by atoms with Crippen LogP contribution >= 0.6 is 0 Å². The molecule has 0 aliphatic rings. The molecule has 0 unspecified atom stereocenters. The van der Waals surface area contributed by atoms with E-state index in [1.807, 2.05) is 0 Å². The number of aryl methyl sites for hydroxylation is 1. The van der Waals surface area contributed by atoms with E-state index in [1.165, 1.54) is 13.0 Å². The number of hydrogen-bond acceptors (Lipinski definition) is 4. The lowest BCUT2D eigenvalue weighted by Crippen LogP contribution is -2.11. The van der Waals surface area contributed by atoms with Gasteiger partial charge in [-0.2, -0.15) is 8.78 Å². The monoisotopic (exact) mass is 261 g/mol. The van der Waals surface area contributed by atoms with Crippen LogP contribution in [0.1, 0.15) is 11.1 Å². The summed E-state index contributed by atoms with van der Waals surface area (Å²) in [7, 11) is 0. The van der Waals surface area contributed by atoms with Gasteiger partial charge in [0.05, 0.1) is 11.3 Å². The number of nitrogens with zero attached hydrogens (tertiary/aromatic N) is 1. The van der Waals surface area contributed by atoms with E-state index >= 15 is 0 Å². The smallest absolute Gasteiger partial charge is 0.387 e. The largest absolute Gasteiger partial charge is 0.481 e. The Kier molecular flexibility index (Phi) is 4.13. The van der Waals surface area contributed by atoms with Crippen LogP contribution in [0.2, 0.25) is 0 Å². The van der Waals surface area contributed by atoms with E-state index in [2.05, 4.69) is 4.74 Å². The minimum Gasteiger partial charge on any atom is -0.481 e. The van der Waals surface area contributed by atoms with Gasteiger partial charge in [-0.05, 0) is 12.5 Å². The third kappa shape index (κ3) is 3.12. The highest BCUT2D eigenvalue weighted by Gasteiger charge is 2.25. The molecule has 0 radical (unpaired) electrons. The maximum absolute atomic E-state index is 12.2. The van der Waals surface area contributed by atoms with Gasteiger partial charge in [-0.25, -0.2) is 0 Å². The second-order valence-corrected chi connectivity index (χ2v) is 3.42. The third-order valence-corrected chi connectivity index (χ3v) is 2.21. The number of carboxylic acids is 1. The topological polar surface area (TPSA) is 89.7 Å². The zero-order chi connectivity index (χ0) is 13.9. The van der Waals surface area contributed by atoms with Crippen molar-refractivity contribution in [3.8, 4) is 5.75 Å². The molecule has 8 heteroatoms. The Morgan fingerprint density at radius 2 is 2.17 bits per heavy atom. The van der Waals surface area contributed by atoms with Gasteiger partial charge in [-0.15, -0.1) is 0 Å². The lowest BCUT2D eigenvalue weighted by Gasteiger charge is -2.12. The molecular weight excluding hydrogens is 252 g/mol. The molecule has 0 aliphatic carbocycles. The Morgan fingerprint density at radius 1 is 1.56 bits per heavy atom. The van der Waals surface area contributed by atoms with Crippen molar-refractivity contribution in [3.05, 3.63) is 33.4 Å². The predicted molar refractivity (Wildman–Crippen MR) is 55.8 cm³/mol. The molecule has 0 saturated heterocycles. The number of carboxylic acid groups (broad SMARTS) is 1. The molecule has 0 fully saturated rings. The molecule has 1 N–H and O–H groups in total. The Hall–Kier alpha value is -2.25. The van der Waals surface area contributed by atoms with Crippen LogP contribution in [0.3, 0.4) is 0 Å². The Balaban J connectivity index is 3.39. The summed E-state index contributed by atoms with van der Waals surface area (Å²) in [6, 6.07) is 2.28.